The molecule has 116 valence electrons. The van der Waals surface area contributed by atoms with Crippen molar-refractivity contribution < 1.29 is 40.6 Å². The molecular formula is C12H8F6O3. The van der Waals surface area contributed by atoms with E-state index in [1.807, 2.05) is 0 Å². The Labute approximate surface area is 114 Å². The zero-order valence-electron chi connectivity index (χ0n) is 10.4. The summed E-state index contributed by atoms with van der Waals surface area (Å²) in [7, 11) is 1.19. The SMILES string of the molecule is COc1ccc2c(c1)C(C=O)OC2(C(F)(F)F)C(F)(F)F. The topological polar surface area (TPSA) is 35.5 Å². The van der Waals surface area contributed by atoms with Crippen LogP contribution in [0.1, 0.15) is 17.2 Å². The summed E-state index contributed by atoms with van der Waals surface area (Å²) in [6.45, 7) is 0. The van der Waals surface area contributed by atoms with Crippen molar-refractivity contribution in [2.24, 2.45) is 0 Å². The van der Waals surface area contributed by atoms with Gasteiger partial charge in [0.1, 0.15) is 11.9 Å². The van der Waals surface area contributed by atoms with Gasteiger partial charge in [0.25, 0.3) is 5.60 Å². The Morgan fingerprint density at radius 2 is 1.76 bits per heavy atom. The molecule has 0 fully saturated rings. The Kier molecular flexibility index (Phi) is 3.43. The fraction of sp³-hybridized carbons (Fsp3) is 0.417. The molecule has 0 radical (unpaired) electrons. The molecular weight excluding hydrogens is 306 g/mol. The smallest absolute Gasteiger partial charge is 0.430 e. The summed E-state index contributed by atoms with van der Waals surface area (Å²) >= 11 is 0. The van der Waals surface area contributed by atoms with E-state index in [2.05, 4.69) is 4.74 Å². The molecule has 1 aromatic rings. The molecule has 0 saturated carbocycles. The number of hydrogen-bond acceptors (Lipinski definition) is 3. The molecule has 0 amide bonds. The van der Waals surface area contributed by atoms with Gasteiger partial charge in [-0.15, -0.1) is 0 Å². The second-order valence-corrected chi connectivity index (χ2v) is 4.30. The highest BCUT2D eigenvalue weighted by molar-refractivity contribution is 5.65. The lowest BCUT2D eigenvalue weighted by molar-refractivity contribution is -0.388. The van der Waals surface area contributed by atoms with Crippen LogP contribution in [0.3, 0.4) is 0 Å². The highest BCUT2D eigenvalue weighted by Crippen LogP contribution is 2.59. The lowest BCUT2D eigenvalue weighted by Gasteiger charge is -2.33. The summed E-state index contributed by atoms with van der Waals surface area (Å²) in [5.74, 6) is 0.0179. The van der Waals surface area contributed by atoms with E-state index in [-0.39, 0.29) is 12.0 Å². The number of carbonyl (C=O) groups is 1. The molecule has 0 N–H and O–H groups in total. The predicted octanol–water partition coefficient (Wildman–Crippen LogP) is 3.29. The molecule has 0 saturated heterocycles. The number of alkyl halides is 6. The van der Waals surface area contributed by atoms with Gasteiger partial charge in [0.15, 0.2) is 6.29 Å². The van der Waals surface area contributed by atoms with Crippen molar-refractivity contribution in [1.29, 1.82) is 0 Å². The highest BCUT2D eigenvalue weighted by Gasteiger charge is 2.77. The first-order chi connectivity index (χ1) is 9.58. The van der Waals surface area contributed by atoms with E-state index < -0.39 is 35.2 Å². The number of halogens is 6. The van der Waals surface area contributed by atoms with Gasteiger partial charge in [-0.2, -0.15) is 26.3 Å². The van der Waals surface area contributed by atoms with Crippen LogP contribution in [0.5, 0.6) is 5.75 Å². The predicted molar refractivity (Wildman–Crippen MR) is 56.7 cm³/mol. The maximum Gasteiger partial charge on any atom is 0.430 e. The van der Waals surface area contributed by atoms with Gasteiger partial charge in [0.05, 0.1) is 7.11 Å². The number of fused-ring (bicyclic) bond motifs is 1. The third-order valence-electron chi connectivity index (χ3n) is 3.17. The third-order valence-corrected chi connectivity index (χ3v) is 3.17. The van der Waals surface area contributed by atoms with Gasteiger partial charge in [-0.3, -0.25) is 0 Å². The Morgan fingerprint density at radius 1 is 1.19 bits per heavy atom. The summed E-state index contributed by atoms with van der Waals surface area (Å²) in [5.41, 5.74) is -6.19. The number of carbonyl (C=O) groups excluding carboxylic acids is 1. The molecule has 1 heterocycles. The van der Waals surface area contributed by atoms with E-state index in [1.54, 1.807) is 0 Å². The number of methoxy groups -OCH3 is 1. The van der Waals surface area contributed by atoms with E-state index >= 15 is 0 Å². The Morgan fingerprint density at radius 3 is 2.19 bits per heavy atom. The minimum atomic E-state index is -5.77. The number of hydrogen-bond donors (Lipinski definition) is 0. The monoisotopic (exact) mass is 314 g/mol. The van der Waals surface area contributed by atoms with Crippen molar-refractivity contribution in [2.75, 3.05) is 7.11 Å². The maximum absolute atomic E-state index is 13.1. The molecule has 0 bridgehead atoms. The average Bonchev–Trinajstić information content (AvgIpc) is 2.72. The fourth-order valence-electron chi connectivity index (χ4n) is 2.24. The largest absolute Gasteiger partial charge is 0.497 e. The van der Waals surface area contributed by atoms with Gasteiger partial charge >= 0.3 is 12.4 Å². The first-order valence-electron chi connectivity index (χ1n) is 5.53. The van der Waals surface area contributed by atoms with Gasteiger partial charge < -0.3 is 14.3 Å². The summed E-state index contributed by atoms with van der Waals surface area (Å²) in [4.78, 5) is 10.8. The van der Waals surface area contributed by atoms with Crippen molar-refractivity contribution in [2.45, 2.75) is 24.1 Å². The van der Waals surface area contributed by atoms with Gasteiger partial charge in [-0.05, 0) is 17.7 Å². The van der Waals surface area contributed by atoms with Gasteiger partial charge in [0.2, 0.25) is 0 Å². The van der Waals surface area contributed by atoms with Crippen molar-refractivity contribution in [3.8, 4) is 5.75 Å². The second kappa shape index (κ2) is 4.62. The van der Waals surface area contributed by atoms with Crippen LogP contribution < -0.4 is 4.74 Å². The van der Waals surface area contributed by atoms with Crippen molar-refractivity contribution >= 4 is 6.29 Å². The van der Waals surface area contributed by atoms with Gasteiger partial charge in [0, 0.05) is 5.56 Å². The van der Waals surface area contributed by atoms with E-state index in [0.717, 1.165) is 12.1 Å². The molecule has 1 unspecified atom stereocenters. The maximum atomic E-state index is 13.1. The number of aldehydes is 1. The first kappa shape index (κ1) is 15.6. The number of rotatable bonds is 2. The lowest BCUT2D eigenvalue weighted by Crippen LogP contribution is -2.54. The van der Waals surface area contributed by atoms with Crippen molar-refractivity contribution in [3.05, 3.63) is 29.3 Å². The Balaban J connectivity index is 2.76. The minimum Gasteiger partial charge on any atom is -0.497 e. The van der Waals surface area contributed by atoms with Crippen LogP contribution in [0.4, 0.5) is 26.3 Å². The summed E-state index contributed by atoms with van der Waals surface area (Å²) in [5, 5.41) is 0. The highest BCUT2D eigenvalue weighted by atomic mass is 19.4. The molecule has 9 heteroatoms. The van der Waals surface area contributed by atoms with E-state index in [9.17, 15) is 31.1 Å². The molecule has 0 aromatic heterocycles. The number of benzene rings is 1. The molecule has 21 heavy (non-hydrogen) atoms. The van der Waals surface area contributed by atoms with Gasteiger partial charge in [-0.1, -0.05) is 6.07 Å². The Hall–Kier alpha value is -1.77. The van der Waals surface area contributed by atoms with Crippen LogP contribution in [-0.4, -0.2) is 25.7 Å². The normalized spacial score (nSPS) is 21.0. The second-order valence-electron chi connectivity index (χ2n) is 4.30. The van der Waals surface area contributed by atoms with Crippen LogP contribution in [0.25, 0.3) is 0 Å². The third kappa shape index (κ3) is 2.06. The molecule has 0 aliphatic carbocycles. The molecule has 1 atom stereocenters. The average molecular weight is 314 g/mol. The first-order valence-corrected chi connectivity index (χ1v) is 5.53. The van der Waals surface area contributed by atoms with E-state index in [0.29, 0.717) is 6.07 Å². The molecule has 1 aliphatic rings. The molecule has 0 spiro atoms. The molecule has 2 rings (SSSR count). The van der Waals surface area contributed by atoms with Crippen LogP contribution in [0.2, 0.25) is 0 Å². The Bertz CT molecular complexity index is 549. The van der Waals surface area contributed by atoms with Crippen LogP contribution in [-0.2, 0) is 15.1 Å². The van der Waals surface area contributed by atoms with Crippen LogP contribution in [0, 0.1) is 0 Å². The van der Waals surface area contributed by atoms with Crippen LogP contribution >= 0.6 is 0 Å². The zero-order chi connectivity index (χ0) is 16.1. The minimum absolute atomic E-state index is 0.0179. The van der Waals surface area contributed by atoms with Crippen LogP contribution in [0.15, 0.2) is 18.2 Å². The van der Waals surface area contributed by atoms with E-state index in [1.165, 1.54) is 7.11 Å². The number of ether oxygens (including phenoxy) is 2. The standard InChI is InChI=1S/C12H8F6O3/c1-20-6-2-3-8-7(4-6)9(5-19)21-10(8,11(13,14)15)12(16,17)18/h2-5,9H,1H3. The molecule has 1 aromatic carbocycles. The fourth-order valence-corrected chi connectivity index (χ4v) is 2.24. The quantitative estimate of drug-likeness (QED) is 0.621. The summed E-state index contributed by atoms with van der Waals surface area (Å²) < 4.78 is 87.4. The summed E-state index contributed by atoms with van der Waals surface area (Å²) in [6, 6.07) is 2.48. The van der Waals surface area contributed by atoms with Crippen molar-refractivity contribution in [3.63, 3.8) is 0 Å². The lowest BCUT2D eigenvalue weighted by atomic mass is 9.90. The summed E-state index contributed by atoms with van der Waals surface area (Å²) in [6.07, 6.45) is -13.6. The van der Waals surface area contributed by atoms with Gasteiger partial charge in [-0.25, -0.2) is 0 Å². The van der Waals surface area contributed by atoms with Crippen molar-refractivity contribution in [1.82, 2.24) is 0 Å². The molecule has 3 nitrogen and oxygen atoms in total. The zero-order valence-corrected chi connectivity index (χ0v) is 10.4. The van der Waals surface area contributed by atoms with E-state index in [4.69, 9.17) is 4.74 Å². The molecule has 1 aliphatic heterocycles.